The van der Waals surface area contributed by atoms with Gasteiger partial charge in [0.25, 0.3) is 0 Å². The predicted octanol–water partition coefficient (Wildman–Crippen LogP) is 7.60. The largest absolute Gasteiger partial charge is 0.378 e. The second kappa shape index (κ2) is 15.1. The van der Waals surface area contributed by atoms with Crippen LogP contribution in [0.1, 0.15) is 22.3 Å². The van der Waals surface area contributed by atoms with Crippen molar-refractivity contribution in [1.82, 2.24) is 0 Å². The first-order valence-electron chi connectivity index (χ1n) is 14.4. The third-order valence-electron chi connectivity index (χ3n) is 7.40. The number of carbonyl (C=O) groups excluding carboxylic acids is 2. The third-order valence-corrected chi connectivity index (χ3v) is 7.40. The Morgan fingerprint density at radius 3 is 1.20 bits per heavy atom. The fraction of sp³-hybridized carbons (Fsp3) is 0.105. The van der Waals surface area contributed by atoms with E-state index in [2.05, 4.69) is 10.6 Å². The zero-order valence-electron chi connectivity index (χ0n) is 25.7. The Labute approximate surface area is 275 Å². The molecule has 0 aromatic heterocycles. The molecule has 4 aromatic carbocycles. The van der Waals surface area contributed by atoms with E-state index in [0.717, 1.165) is 45.0 Å². The normalized spacial score (nSPS) is 14.5. The summed E-state index contributed by atoms with van der Waals surface area (Å²) in [4.78, 5) is 28.3. The Hall–Kier alpha value is -5.10. The minimum atomic E-state index is 0. The molecule has 0 atom stereocenters. The zero-order valence-corrected chi connectivity index (χ0v) is 26.7. The van der Waals surface area contributed by atoms with Crippen molar-refractivity contribution in [1.29, 1.82) is 0 Å². The molecule has 0 aliphatic heterocycles. The summed E-state index contributed by atoms with van der Waals surface area (Å²) in [6.45, 7) is 0. The van der Waals surface area contributed by atoms with Crippen molar-refractivity contribution in [2.75, 3.05) is 48.6 Å². The van der Waals surface area contributed by atoms with Gasteiger partial charge in [-0.25, -0.2) is 0 Å². The van der Waals surface area contributed by atoms with E-state index in [1.165, 1.54) is 0 Å². The summed E-state index contributed by atoms with van der Waals surface area (Å²) < 4.78 is 0. The molecule has 2 N–H and O–H groups in total. The van der Waals surface area contributed by atoms with Crippen LogP contribution in [-0.4, -0.2) is 39.8 Å². The number of hydrogen-bond acceptors (Lipinski definition) is 6. The smallest absolute Gasteiger partial charge is 0.187 e. The van der Waals surface area contributed by atoms with Crippen LogP contribution in [0.3, 0.4) is 0 Å². The van der Waals surface area contributed by atoms with Gasteiger partial charge >= 0.3 is 0 Å². The molecule has 0 saturated heterocycles. The van der Waals surface area contributed by atoms with E-state index >= 15 is 0 Å². The van der Waals surface area contributed by atoms with Crippen molar-refractivity contribution in [2.45, 2.75) is 0 Å². The molecule has 6 nitrogen and oxygen atoms in total. The SMILES string of the molecule is CN(C)c1ccc(NC=C2C(=O)C=Cc3ccccc32)cc1.CN(C)c1ccc(NC=C2C(=O)C=Cc3ccccc32)cc1.[Cu]. The number of rotatable bonds is 6. The molecule has 4 aromatic rings. The molecule has 0 bridgehead atoms. The molecule has 0 saturated carbocycles. The Kier molecular flexibility index (Phi) is 11.0. The Morgan fingerprint density at radius 2 is 0.844 bits per heavy atom. The van der Waals surface area contributed by atoms with Crippen LogP contribution < -0.4 is 20.4 Å². The number of fused-ring (bicyclic) bond motifs is 2. The first-order valence-corrected chi connectivity index (χ1v) is 14.4. The summed E-state index contributed by atoms with van der Waals surface area (Å²) >= 11 is 0. The number of benzene rings is 4. The van der Waals surface area contributed by atoms with E-state index in [1.54, 1.807) is 24.6 Å². The maximum absolute atomic E-state index is 12.1. The number of anilines is 4. The molecule has 2 aliphatic carbocycles. The average molecular weight is 644 g/mol. The van der Waals surface area contributed by atoms with Crippen molar-refractivity contribution in [3.05, 3.63) is 144 Å². The maximum Gasteiger partial charge on any atom is 0.187 e. The van der Waals surface area contributed by atoms with Gasteiger partial charge in [-0.3, -0.25) is 9.59 Å². The topological polar surface area (TPSA) is 64.7 Å². The van der Waals surface area contributed by atoms with Crippen molar-refractivity contribution < 1.29 is 26.7 Å². The molecule has 1 radical (unpaired) electrons. The van der Waals surface area contributed by atoms with E-state index in [-0.39, 0.29) is 28.6 Å². The van der Waals surface area contributed by atoms with Gasteiger partial charge < -0.3 is 20.4 Å². The fourth-order valence-electron chi connectivity index (χ4n) is 4.87. The molecular weight excluding hydrogens is 608 g/mol. The van der Waals surface area contributed by atoms with Crippen molar-refractivity contribution in [3.8, 4) is 0 Å². The van der Waals surface area contributed by atoms with Gasteiger partial charge in [0.15, 0.2) is 11.6 Å². The van der Waals surface area contributed by atoms with E-state index in [1.807, 2.05) is 147 Å². The summed E-state index contributed by atoms with van der Waals surface area (Å²) in [7, 11) is 8.03. The number of carbonyl (C=O) groups is 2. The molecule has 0 unspecified atom stereocenters. The minimum absolute atomic E-state index is 0. The molecule has 7 heteroatoms. The molecule has 0 amide bonds. The van der Waals surface area contributed by atoms with Crippen LogP contribution in [0, 0.1) is 0 Å². The third kappa shape index (κ3) is 8.09. The molecule has 0 fully saturated rings. The summed E-state index contributed by atoms with van der Waals surface area (Å²) in [5.74, 6) is 0.0484. The molecular formula is C38H36CuN4O2. The average Bonchev–Trinajstić information content (AvgIpc) is 3.04. The summed E-state index contributed by atoms with van der Waals surface area (Å²) in [5, 5.41) is 6.43. The Balaban J connectivity index is 0.000000200. The molecule has 0 spiro atoms. The van der Waals surface area contributed by atoms with Crippen LogP contribution in [0.25, 0.3) is 23.3 Å². The van der Waals surface area contributed by atoms with Gasteiger partial charge in [0.05, 0.1) is 0 Å². The van der Waals surface area contributed by atoms with Crippen LogP contribution in [0.2, 0.25) is 0 Å². The van der Waals surface area contributed by atoms with Gasteiger partial charge in [0.2, 0.25) is 0 Å². The monoisotopic (exact) mass is 643 g/mol. The Morgan fingerprint density at radius 1 is 0.489 bits per heavy atom. The van der Waals surface area contributed by atoms with E-state index < -0.39 is 0 Å². The van der Waals surface area contributed by atoms with E-state index in [4.69, 9.17) is 0 Å². The summed E-state index contributed by atoms with van der Waals surface area (Å²) in [6.07, 6.45) is 10.5. The molecule has 2 aliphatic rings. The molecule has 0 heterocycles. The minimum Gasteiger partial charge on any atom is -0.378 e. The van der Waals surface area contributed by atoms with Crippen molar-refractivity contribution in [3.63, 3.8) is 0 Å². The van der Waals surface area contributed by atoms with Gasteiger partial charge in [0, 0.05) is 91.6 Å². The van der Waals surface area contributed by atoms with Gasteiger partial charge in [0.1, 0.15) is 0 Å². The van der Waals surface area contributed by atoms with Crippen LogP contribution in [-0.2, 0) is 26.7 Å². The first-order chi connectivity index (χ1) is 21.3. The fourth-order valence-corrected chi connectivity index (χ4v) is 4.87. The van der Waals surface area contributed by atoms with Crippen molar-refractivity contribution >= 4 is 57.6 Å². The van der Waals surface area contributed by atoms with Gasteiger partial charge in [-0.05, 0) is 82.9 Å². The molecule has 45 heavy (non-hydrogen) atoms. The first kappa shape index (κ1) is 32.8. The van der Waals surface area contributed by atoms with Crippen LogP contribution >= 0.6 is 0 Å². The molecule has 231 valence electrons. The van der Waals surface area contributed by atoms with Crippen LogP contribution in [0.15, 0.2) is 122 Å². The van der Waals surface area contributed by atoms with Gasteiger partial charge in [-0.2, -0.15) is 0 Å². The Bertz CT molecular complexity index is 1650. The summed E-state index contributed by atoms with van der Waals surface area (Å²) in [5.41, 5.74) is 9.64. The van der Waals surface area contributed by atoms with E-state index in [0.29, 0.717) is 11.1 Å². The summed E-state index contributed by atoms with van der Waals surface area (Å²) in [6, 6.07) is 32.0. The van der Waals surface area contributed by atoms with Crippen LogP contribution in [0.5, 0.6) is 0 Å². The van der Waals surface area contributed by atoms with Gasteiger partial charge in [-0.15, -0.1) is 0 Å². The van der Waals surface area contributed by atoms with E-state index in [9.17, 15) is 9.59 Å². The standard InChI is InChI=1S/2C19H18N2O.Cu/c2*1-21(2)16-10-8-15(9-11-16)20-13-18-17-6-4-3-5-14(17)7-12-19(18)22;/h2*3-13,20H,1-2H3;. The number of nitrogens with zero attached hydrogens (tertiary/aromatic N) is 2. The zero-order chi connectivity index (χ0) is 31.1. The second-order valence-electron chi connectivity index (χ2n) is 10.9. The molecule has 6 rings (SSSR count). The van der Waals surface area contributed by atoms with Crippen LogP contribution in [0.4, 0.5) is 22.7 Å². The quantitative estimate of drug-likeness (QED) is 0.167. The number of nitrogens with one attached hydrogen (secondary N) is 2. The predicted molar refractivity (Wildman–Crippen MR) is 186 cm³/mol. The second-order valence-corrected chi connectivity index (χ2v) is 10.9. The number of ketones is 2. The van der Waals surface area contributed by atoms with Crippen molar-refractivity contribution in [2.24, 2.45) is 0 Å². The van der Waals surface area contributed by atoms with Gasteiger partial charge in [-0.1, -0.05) is 60.7 Å². The number of hydrogen-bond donors (Lipinski definition) is 2. The number of allylic oxidation sites excluding steroid dienone is 4. The maximum atomic E-state index is 12.1.